The zero-order valence-electron chi connectivity index (χ0n) is 32.2. The van der Waals surface area contributed by atoms with Gasteiger partial charge in [0.1, 0.15) is 0 Å². The SMILES string of the molecule is CC1CC(c2ccc3c(c2)c2ccccc2n3-c2ccccc2)=CC=C1N(C1C=CC(C2=CNCC=C2)=CC1)C1C=C2C(=CC1C)c1c#cccc1C2(C)C. The van der Waals surface area contributed by atoms with Crippen LogP contribution >= 0.6 is 0 Å². The average molecular weight is 714 g/mol. The van der Waals surface area contributed by atoms with Gasteiger partial charge in [0, 0.05) is 51.8 Å². The summed E-state index contributed by atoms with van der Waals surface area (Å²) in [5.41, 5.74) is 15.6. The van der Waals surface area contributed by atoms with E-state index in [9.17, 15) is 0 Å². The molecule has 4 aliphatic carbocycles. The van der Waals surface area contributed by atoms with Gasteiger partial charge in [-0.1, -0.05) is 131 Å². The Kier molecular flexibility index (Phi) is 8.00. The van der Waals surface area contributed by atoms with Gasteiger partial charge in [0.05, 0.1) is 23.1 Å². The molecule has 4 atom stereocenters. The van der Waals surface area contributed by atoms with E-state index < -0.39 is 0 Å². The van der Waals surface area contributed by atoms with Crippen molar-refractivity contribution >= 4 is 33.0 Å². The molecule has 3 nitrogen and oxygen atoms in total. The molecule has 0 saturated carbocycles. The molecule has 0 amide bonds. The Morgan fingerprint density at radius 1 is 0.855 bits per heavy atom. The number of fused-ring (bicyclic) bond motifs is 6. The van der Waals surface area contributed by atoms with E-state index in [4.69, 9.17) is 0 Å². The molecule has 0 saturated heterocycles. The van der Waals surface area contributed by atoms with Gasteiger partial charge in [-0.15, -0.1) is 0 Å². The highest BCUT2D eigenvalue weighted by molar-refractivity contribution is 6.10. The first-order chi connectivity index (χ1) is 26.9. The number of hydrogen-bond acceptors (Lipinski definition) is 2. The van der Waals surface area contributed by atoms with Gasteiger partial charge in [0.15, 0.2) is 0 Å². The topological polar surface area (TPSA) is 20.2 Å². The molecule has 10 rings (SSSR count). The van der Waals surface area contributed by atoms with Crippen LogP contribution in [-0.4, -0.2) is 28.1 Å². The molecule has 270 valence electrons. The maximum Gasteiger partial charge on any atom is 0.0543 e. The zero-order valence-corrected chi connectivity index (χ0v) is 32.2. The Morgan fingerprint density at radius 3 is 2.49 bits per heavy atom. The molecule has 0 spiro atoms. The van der Waals surface area contributed by atoms with Crippen molar-refractivity contribution in [1.29, 1.82) is 0 Å². The molecule has 0 bridgehead atoms. The van der Waals surface area contributed by atoms with Crippen molar-refractivity contribution in [1.82, 2.24) is 14.8 Å². The number of para-hydroxylation sites is 2. The number of rotatable bonds is 6. The minimum atomic E-state index is -0.0823. The molecule has 55 heavy (non-hydrogen) atoms. The number of nitrogens with zero attached hydrogens (tertiary/aromatic N) is 2. The molecule has 5 aliphatic rings. The van der Waals surface area contributed by atoms with E-state index >= 15 is 0 Å². The van der Waals surface area contributed by atoms with Gasteiger partial charge in [-0.2, -0.15) is 0 Å². The zero-order chi connectivity index (χ0) is 37.3. The van der Waals surface area contributed by atoms with E-state index in [-0.39, 0.29) is 17.5 Å². The largest absolute Gasteiger partial charge is 0.387 e. The van der Waals surface area contributed by atoms with Crippen molar-refractivity contribution in [2.75, 3.05) is 6.54 Å². The molecule has 1 aromatic heterocycles. The number of nitrogens with one attached hydrogen (secondary N) is 1. The Bertz CT molecular complexity index is 2610. The quantitative estimate of drug-likeness (QED) is 0.189. The van der Waals surface area contributed by atoms with Crippen LogP contribution in [0, 0.1) is 24.0 Å². The standard InChI is InChI=1S/C52H47N3/c1-34-29-37(38-23-27-50-45(31-38)43-17-9-11-19-49(43)55(50)40-14-6-5-7-15-40)22-26-48(34)54(41-24-20-36(21-25-41)39-13-12-28-53-33-39)51-32-47-44(30-35(51)2)42-16-8-10-18-46(42)52(47,3)4/h5-7,9-15,17-24,26-27,30-35,41,51,53H,25,28-29H2,1-4H3. The molecule has 1 aliphatic heterocycles. The molecule has 4 unspecified atom stereocenters. The van der Waals surface area contributed by atoms with Crippen molar-refractivity contribution in [2.45, 2.75) is 58.0 Å². The maximum atomic E-state index is 3.49. The van der Waals surface area contributed by atoms with Gasteiger partial charge >= 0.3 is 0 Å². The van der Waals surface area contributed by atoms with Gasteiger partial charge in [-0.3, -0.25) is 0 Å². The second-order valence-corrected chi connectivity index (χ2v) is 16.5. The first-order valence-electron chi connectivity index (χ1n) is 20.0. The smallest absolute Gasteiger partial charge is 0.0543 e. The van der Waals surface area contributed by atoms with E-state index in [0.717, 1.165) is 19.4 Å². The third kappa shape index (κ3) is 5.50. The molecule has 3 heteroatoms. The fourth-order valence-electron chi connectivity index (χ4n) is 9.93. The summed E-state index contributed by atoms with van der Waals surface area (Å²) in [5.74, 6) is 0.671. The Hall–Kier alpha value is -5.98. The molecular formula is C52H47N3. The van der Waals surface area contributed by atoms with Crippen molar-refractivity contribution in [3.05, 3.63) is 197 Å². The summed E-state index contributed by atoms with van der Waals surface area (Å²) in [7, 11) is 0. The minimum absolute atomic E-state index is 0.0823. The van der Waals surface area contributed by atoms with Crippen molar-refractivity contribution < 1.29 is 0 Å². The Morgan fingerprint density at radius 2 is 1.69 bits per heavy atom. The normalized spacial score (nSPS) is 23.7. The minimum Gasteiger partial charge on any atom is -0.387 e. The van der Waals surface area contributed by atoms with Gasteiger partial charge in [-0.05, 0) is 106 Å². The van der Waals surface area contributed by atoms with Gasteiger partial charge in [0.2, 0.25) is 0 Å². The van der Waals surface area contributed by atoms with Crippen LogP contribution in [0.5, 0.6) is 0 Å². The first kappa shape index (κ1) is 33.6. The number of hydrogen-bond donors (Lipinski definition) is 1. The van der Waals surface area contributed by atoms with Crippen LogP contribution in [0.1, 0.15) is 57.2 Å². The van der Waals surface area contributed by atoms with E-state index in [1.807, 2.05) is 6.07 Å². The fraction of sp³-hybridized carbons (Fsp3) is 0.231. The van der Waals surface area contributed by atoms with Gasteiger partial charge in [-0.25, -0.2) is 0 Å². The molecule has 5 aromatic rings. The second-order valence-electron chi connectivity index (χ2n) is 16.5. The summed E-state index contributed by atoms with van der Waals surface area (Å²) in [4.78, 5) is 2.78. The lowest BCUT2D eigenvalue weighted by atomic mass is 9.76. The number of benzene rings is 3. The highest BCUT2D eigenvalue weighted by Gasteiger charge is 2.43. The van der Waals surface area contributed by atoms with Crippen molar-refractivity contribution in [2.24, 2.45) is 11.8 Å². The van der Waals surface area contributed by atoms with Gasteiger partial charge in [0.25, 0.3) is 0 Å². The number of dihydropyridines is 1. The van der Waals surface area contributed by atoms with Crippen molar-refractivity contribution in [3.8, 4) is 5.69 Å². The third-order valence-electron chi connectivity index (χ3n) is 12.7. The van der Waals surface area contributed by atoms with Crippen LogP contribution in [0.3, 0.4) is 0 Å². The summed E-state index contributed by atoms with van der Waals surface area (Å²) >= 11 is 0. The third-order valence-corrected chi connectivity index (χ3v) is 12.7. The lowest BCUT2D eigenvalue weighted by molar-refractivity contribution is 0.191. The van der Waals surface area contributed by atoms with Crippen LogP contribution in [0.2, 0.25) is 0 Å². The van der Waals surface area contributed by atoms with Gasteiger partial charge < -0.3 is 14.8 Å². The van der Waals surface area contributed by atoms with Crippen LogP contribution in [0.4, 0.5) is 0 Å². The van der Waals surface area contributed by atoms with E-state index in [0.29, 0.717) is 11.8 Å². The first-order valence-corrected chi connectivity index (χ1v) is 20.0. The summed E-state index contributed by atoms with van der Waals surface area (Å²) in [6, 6.07) is 38.1. The van der Waals surface area contributed by atoms with Crippen LogP contribution in [0.25, 0.3) is 38.6 Å². The fourth-order valence-corrected chi connectivity index (χ4v) is 9.93. The average Bonchev–Trinajstić information content (AvgIpc) is 3.67. The molecule has 4 aromatic carbocycles. The van der Waals surface area contributed by atoms with Crippen LogP contribution < -0.4 is 5.32 Å². The van der Waals surface area contributed by atoms with Crippen LogP contribution in [-0.2, 0) is 5.41 Å². The maximum absolute atomic E-state index is 3.49. The van der Waals surface area contributed by atoms with E-state index in [2.05, 4.69) is 194 Å². The number of aromatic nitrogens is 1. The van der Waals surface area contributed by atoms with E-state index in [1.54, 1.807) is 0 Å². The highest BCUT2D eigenvalue weighted by atomic mass is 15.2. The van der Waals surface area contributed by atoms with E-state index in [1.165, 1.54) is 77.7 Å². The lowest BCUT2D eigenvalue weighted by Gasteiger charge is -2.46. The highest BCUT2D eigenvalue weighted by Crippen LogP contribution is 2.52. The summed E-state index contributed by atoms with van der Waals surface area (Å²) in [5, 5.41) is 5.99. The molecule has 2 heterocycles. The monoisotopic (exact) mass is 713 g/mol. The second kappa shape index (κ2) is 13.1. The van der Waals surface area contributed by atoms with Crippen molar-refractivity contribution in [3.63, 3.8) is 0 Å². The molecule has 1 N–H and O–H groups in total. The molecule has 0 radical (unpaired) electrons. The molecular weight excluding hydrogens is 667 g/mol. The summed E-state index contributed by atoms with van der Waals surface area (Å²) < 4.78 is 2.40. The lowest BCUT2D eigenvalue weighted by Crippen LogP contribution is -2.47. The number of allylic oxidation sites excluding steroid dienone is 10. The Labute approximate surface area is 325 Å². The summed E-state index contributed by atoms with van der Waals surface area (Å²) in [6.45, 7) is 10.5. The summed E-state index contributed by atoms with van der Waals surface area (Å²) in [6.07, 6.45) is 25.8. The van der Waals surface area contributed by atoms with Crippen LogP contribution in [0.15, 0.2) is 168 Å². The molecule has 0 fully saturated rings. The Balaban J connectivity index is 1.05. The predicted octanol–water partition coefficient (Wildman–Crippen LogP) is 11.6. The predicted molar refractivity (Wildman–Crippen MR) is 229 cm³/mol.